The van der Waals surface area contributed by atoms with Crippen molar-refractivity contribution in [1.82, 2.24) is 4.57 Å². The van der Waals surface area contributed by atoms with E-state index in [1.165, 1.54) is 29.1 Å². The summed E-state index contributed by atoms with van der Waals surface area (Å²) < 4.78 is 17.9. The molecule has 39 heavy (non-hydrogen) atoms. The van der Waals surface area contributed by atoms with Crippen molar-refractivity contribution in [2.75, 3.05) is 20.3 Å². The lowest BCUT2D eigenvalue weighted by Gasteiger charge is -2.24. The van der Waals surface area contributed by atoms with E-state index in [1.807, 2.05) is 24.3 Å². The minimum absolute atomic E-state index is 0.0200. The van der Waals surface area contributed by atoms with Gasteiger partial charge in [0.1, 0.15) is 12.4 Å². The summed E-state index contributed by atoms with van der Waals surface area (Å²) in [6.07, 6.45) is 5.32. The molecule has 0 aliphatic carbocycles. The quantitative estimate of drug-likeness (QED) is 0.217. The van der Waals surface area contributed by atoms with Crippen LogP contribution < -0.4 is 19.6 Å². The Hall–Kier alpha value is -4.24. The van der Waals surface area contributed by atoms with E-state index >= 15 is 0 Å². The fraction of sp³-hybridized carbons (Fsp3) is 0.267. The fourth-order valence-corrected chi connectivity index (χ4v) is 5.22. The lowest BCUT2D eigenvalue weighted by molar-refractivity contribution is -0.138. The molecule has 0 saturated heterocycles. The first kappa shape index (κ1) is 27.8. The van der Waals surface area contributed by atoms with Crippen molar-refractivity contribution in [2.24, 2.45) is 4.99 Å². The third-order valence-corrected chi connectivity index (χ3v) is 7.15. The van der Waals surface area contributed by atoms with Gasteiger partial charge in [-0.3, -0.25) is 9.36 Å². The molecule has 1 aromatic heterocycles. The second-order valence-electron chi connectivity index (χ2n) is 8.85. The summed E-state index contributed by atoms with van der Waals surface area (Å²) in [4.78, 5) is 43.9. The number of fused-ring (bicyclic) bond motifs is 1. The zero-order chi connectivity index (χ0) is 27.9. The predicted molar refractivity (Wildman–Crippen MR) is 150 cm³/mol. The molecular formula is C30H30N2O6S. The van der Waals surface area contributed by atoms with Crippen LogP contribution in [0.4, 0.5) is 0 Å². The maximum Gasteiger partial charge on any atom is 0.338 e. The monoisotopic (exact) mass is 546 g/mol. The standard InChI is InChI=1S/C30H30N2O6S/c1-5-7-17-37-23-14-8-20(9-15-23)18-24-27(33)32-26(21-10-12-22(13-11-21)28(34)36-4)25(29(35)38-16-6-2)19(3)31-30(32)39-24/h6,8-15,18,26H,2,5,7,16-17H2,1,3-4H3. The molecule has 1 aliphatic rings. The van der Waals surface area contributed by atoms with Gasteiger partial charge >= 0.3 is 11.9 Å². The summed E-state index contributed by atoms with van der Waals surface area (Å²) in [6.45, 7) is 8.11. The van der Waals surface area contributed by atoms with E-state index in [0.717, 1.165) is 24.2 Å². The summed E-state index contributed by atoms with van der Waals surface area (Å²) in [5.74, 6) is -0.300. The van der Waals surface area contributed by atoms with Crippen molar-refractivity contribution < 1.29 is 23.8 Å². The van der Waals surface area contributed by atoms with Gasteiger partial charge in [-0.1, -0.05) is 61.6 Å². The zero-order valence-electron chi connectivity index (χ0n) is 22.1. The number of methoxy groups -OCH3 is 1. The van der Waals surface area contributed by atoms with Crippen molar-refractivity contribution in [3.8, 4) is 5.75 Å². The lowest BCUT2D eigenvalue weighted by Crippen LogP contribution is -2.40. The van der Waals surface area contributed by atoms with Crippen LogP contribution in [0.3, 0.4) is 0 Å². The number of aromatic nitrogens is 1. The maximum atomic E-state index is 13.7. The van der Waals surface area contributed by atoms with Crippen LogP contribution in [0.1, 0.15) is 54.2 Å². The number of hydrogen-bond acceptors (Lipinski definition) is 8. The predicted octanol–water partition coefficient (Wildman–Crippen LogP) is 3.93. The van der Waals surface area contributed by atoms with Gasteiger partial charge in [-0.05, 0) is 54.8 Å². The molecule has 4 rings (SSSR count). The Bertz CT molecular complexity index is 1580. The second-order valence-corrected chi connectivity index (χ2v) is 9.86. The summed E-state index contributed by atoms with van der Waals surface area (Å²) >= 11 is 1.24. The Balaban J connectivity index is 1.79. The first-order chi connectivity index (χ1) is 18.9. The van der Waals surface area contributed by atoms with Gasteiger partial charge in [0.05, 0.1) is 41.1 Å². The highest BCUT2D eigenvalue weighted by Crippen LogP contribution is 2.31. The topological polar surface area (TPSA) is 96.2 Å². The summed E-state index contributed by atoms with van der Waals surface area (Å²) in [5.41, 5.74) is 2.23. The van der Waals surface area contributed by atoms with E-state index < -0.39 is 18.0 Å². The molecule has 0 spiro atoms. The number of carbonyl (C=O) groups excluding carboxylic acids is 2. The van der Waals surface area contributed by atoms with Gasteiger partial charge in [-0.25, -0.2) is 14.6 Å². The minimum atomic E-state index is -0.790. The number of unbranched alkanes of at least 4 members (excludes halogenated alkanes) is 1. The Kier molecular flexibility index (Phi) is 8.93. The number of thiazole rings is 1. The third kappa shape index (κ3) is 6.09. The molecule has 9 heteroatoms. The van der Waals surface area contributed by atoms with Crippen molar-refractivity contribution in [3.63, 3.8) is 0 Å². The van der Waals surface area contributed by atoms with Crippen molar-refractivity contribution in [1.29, 1.82) is 0 Å². The van der Waals surface area contributed by atoms with Crippen LogP contribution in [0, 0.1) is 0 Å². The first-order valence-corrected chi connectivity index (χ1v) is 13.4. The molecule has 8 nitrogen and oxygen atoms in total. The molecule has 202 valence electrons. The third-order valence-electron chi connectivity index (χ3n) is 6.17. The highest BCUT2D eigenvalue weighted by atomic mass is 32.1. The molecule has 1 unspecified atom stereocenters. The van der Waals surface area contributed by atoms with E-state index in [-0.39, 0.29) is 17.7 Å². The number of esters is 2. The first-order valence-electron chi connectivity index (χ1n) is 12.6. The van der Waals surface area contributed by atoms with Gasteiger partial charge < -0.3 is 14.2 Å². The molecule has 0 bridgehead atoms. The van der Waals surface area contributed by atoms with Gasteiger partial charge in [0.15, 0.2) is 4.80 Å². The number of allylic oxidation sites excluding steroid dienone is 1. The smallest absolute Gasteiger partial charge is 0.338 e. The molecule has 1 atom stereocenters. The molecule has 2 heterocycles. The Morgan fingerprint density at radius 3 is 2.46 bits per heavy atom. The number of rotatable bonds is 10. The van der Waals surface area contributed by atoms with Gasteiger partial charge in [0.2, 0.25) is 0 Å². The number of nitrogens with zero attached hydrogens (tertiary/aromatic N) is 2. The van der Waals surface area contributed by atoms with Crippen molar-refractivity contribution >= 4 is 29.4 Å². The highest BCUT2D eigenvalue weighted by molar-refractivity contribution is 7.07. The number of ether oxygens (including phenoxy) is 3. The Morgan fingerprint density at radius 2 is 1.82 bits per heavy atom. The highest BCUT2D eigenvalue weighted by Gasteiger charge is 2.33. The van der Waals surface area contributed by atoms with Gasteiger partial charge in [-0.2, -0.15) is 0 Å². The lowest BCUT2D eigenvalue weighted by atomic mass is 9.95. The average Bonchev–Trinajstić information content (AvgIpc) is 3.25. The second kappa shape index (κ2) is 12.5. The van der Waals surface area contributed by atoms with E-state index in [1.54, 1.807) is 37.3 Å². The van der Waals surface area contributed by atoms with Gasteiger partial charge in [0.25, 0.3) is 5.56 Å². The van der Waals surface area contributed by atoms with Crippen LogP contribution in [0.5, 0.6) is 5.75 Å². The fourth-order valence-electron chi connectivity index (χ4n) is 4.18. The number of carbonyl (C=O) groups is 2. The number of hydrogen-bond donors (Lipinski definition) is 0. The van der Waals surface area contributed by atoms with Crippen LogP contribution in [0.2, 0.25) is 0 Å². The summed E-state index contributed by atoms with van der Waals surface area (Å²) in [7, 11) is 1.31. The van der Waals surface area contributed by atoms with E-state index in [0.29, 0.717) is 32.8 Å². The molecule has 0 saturated carbocycles. The van der Waals surface area contributed by atoms with Crippen LogP contribution in [0.15, 0.2) is 82.2 Å². The molecule has 0 N–H and O–H groups in total. The molecule has 0 radical (unpaired) electrons. The van der Waals surface area contributed by atoms with Crippen LogP contribution in [0.25, 0.3) is 6.08 Å². The molecule has 0 fully saturated rings. The largest absolute Gasteiger partial charge is 0.494 e. The van der Waals surface area contributed by atoms with Crippen molar-refractivity contribution in [2.45, 2.75) is 32.7 Å². The Labute approximate surface area is 230 Å². The summed E-state index contributed by atoms with van der Waals surface area (Å²) in [5, 5.41) is 0. The van der Waals surface area contributed by atoms with Crippen LogP contribution in [-0.2, 0) is 14.3 Å². The van der Waals surface area contributed by atoms with E-state index in [9.17, 15) is 14.4 Å². The van der Waals surface area contributed by atoms with Gasteiger partial charge in [0, 0.05) is 0 Å². The zero-order valence-corrected chi connectivity index (χ0v) is 23.0. The SMILES string of the molecule is C=CCOC(=O)C1=C(C)N=c2sc(=Cc3ccc(OCCCC)cc3)c(=O)n2C1c1ccc(C(=O)OC)cc1. The van der Waals surface area contributed by atoms with Gasteiger partial charge in [-0.15, -0.1) is 0 Å². The molecule has 1 aliphatic heterocycles. The number of benzene rings is 2. The maximum absolute atomic E-state index is 13.7. The average molecular weight is 547 g/mol. The van der Waals surface area contributed by atoms with E-state index in [2.05, 4.69) is 18.5 Å². The molecule has 0 amide bonds. The normalized spacial score (nSPS) is 14.8. The van der Waals surface area contributed by atoms with Crippen LogP contribution in [-0.4, -0.2) is 36.8 Å². The van der Waals surface area contributed by atoms with E-state index in [4.69, 9.17) is 14.2 Å². The molecular weight excluding hydrogens is 516 g/mol. The minimum Gasteiger partial charge on any atom is -0.494 e. The summed E-state index contributed by atoms with van der Waals surface area (Å²) in [6, 6.07) is 13.4. The molecule has 3 aromatic rings. The van der Waals surface area contributed by atoms with Crippen LogP contribution >= 0.6 is 11.3 Å². The Morgan fingerprint density at radius 1 is 1.10 bits per heavy atom. The van der Waals surface area contributed by atoms with Crippen molar-refractivity contribution in [3.05, 3.63) is 109 Å². The molecule has 2 aromatic carbocycles.